The average Bonchev–Trinajstić information content (AvgIpc) is 2.19. The quantitative estimate of drug-likeness (QED) is 0.870. The van der Waals surface area contributed by atoms with Gasteiger partial charge in [-0.05, 0) is 19.1 Å². The van der Waals surface area contributed by atoms with Crippen LogP contribution in [0, 0.1) is 0 Å². The molecular formula is C11H12Cl3NO. The van der Waals surface area contributed by atoms with E-state index in [1.807, 2.05) is 6.92 Å². The molecule has 1 rings (SSSR count). The van der Waals surface area contributed by atoms with Crippen LogP contribution in [0.3, 0.4) is 0 Å². The van der Waals surface area contributed by atoms with Crippen LogP contribution in [0.1, 0.15) is 18.5 Å². The first kappa shape index (κ1) is 13.7. The molecule has 1 aromatic carbocycles. The topological polar surface area (TPSA) is 32.3 Å². The molecule has 0 heterocycles. The van der Waals surface area contributed by atoms with Crippen molar-refractivity contribution in [3.8, 4) is 5.75 Å². The van der Waals surface area contributed by atoms with Crippen molar-refractivity contribution in [1.82, 2.24) is 5.32 Å². The van der Waals surface area contributed by atoms with Crippen molar-refractivity contribution in [3.05, 3.63) is 39.4 Å². The molecule has 0 fully saturated rings. The van der Waals surface area contributed by atoms with E-state index >= 15 is 0 Å². The predicted molar refractivity (Wildman–Crippen MR) is 69.5 cm³/mol. The molecule has 1 atom stereocenters. The summed E-state index contributed by atoms with van der Waals surface area (Å²) in [6.07, 6.45) is 0. The average molecular weight is 281 g/mol. The van der Waals surface area contributed by atoms with Crippen molar-refractivity contribution in [2.45, 2.75) is 13.0 Å². The van der Waals surface area contributed by atoms with Crippen molar-refractivity contribution >= 4 is 34.8 Å². The molecular weight excluding hydrogens is 268 g/mol. The molecule has 1 unspecified atom stereocenters. The highest BCUT2D eigenvalue weighted by atomic mass is 35.5. The SMILES string of the molecule is C=C(Cl)CNC(C)c1cc(Cl)cc(Cl)c1O. The molecule has 0 saturated carbocycles. The first-order valence-corrected chi connectivity index (χ1v) is 5.79. The third kappa shape index (κ3) is 3.56. The summed E-state index contributed by atoms with van der Waals surface area (Å²) in [5.74, 6) is 0.0336. The summed E-state index contributed by atoms with van der Waals surface area (Å²) in [5, 5.41) is 14.1. The number of rotatable bonds is 4. The number of hydrogen-bond donors (Lipinski definition) is 2. The minimum atomic E-state index is -0.119. The lowest BCUT2D eigenvalue weighted by molar-refractivity contribution is 0.456. The van der Waals surface area contributed by atoms with Crippen LogP contribution >= 0.6 is 34.8 Å². The Morgan fingerprint density at radius 1 is 1.50 bits per heavy atom. The molecule has 1 aromatic rings. The third-order valence-electron chi connectivity index (χ3n) is 2.12. The van der Waals surface area contributed by atoms with E-state index in [0.29, 0.717) is 22.2 Å². The van der Waals surface area contributed by atoms with E-state index in [2.05, 4.69) is 11.9 Å². The van der Waals surface area contributed by atoms with Crippen LogP contribution in [0.5, 0.6) is 5.75 Å². The molecule has 0 radical (unpaired) electrons. The molecule has 0 amide bonds. The monoisotopic (exact) mass is 279 g/mol. The lowest BCUT2D eigenvalue weighted by Crippen LogP contribution is -2.20. The van der Waals surface area contributed by atoms with Gasteiger partial charge in [-0.15, -0.1) is 0 Å². The van der Waals surface area contributed by atoms with Crippen LogP contribution in [0.4, 0.5) is 0 Å². The van der Waals surface area contributed by atoms with Crippen LogP contribution in [-0.4, -0.2) is 11.7 Å². The lowest BCUT2D eigenvalue weighted by Gasteiger charge is -2.16. The first-order chi connectivity index (χ1) is 7.41. The maximum atomic E-state index is 9.77. The van der Waals surface area contributed by atoms with E-state index in [1.165, 1.54) is 6.07 Å². The van der Waals surface area contributed by atoms with E-state index in [1.54, 1.807) is 6.07 Å². The fraction of sp³-hybridized carbons (Fsp3) is 0.273. The predicted octanol–water partition coefficient (Wildman–Crippen LogP) is 4.10. The Balaban J connectivity index is 2.90. The van der Waals surface area contributed by atoms with E-state index in [0.717, 1.165) is 0 Å². The standard InChI is InChI=1S/C11H12Cl3NO/c1-6(12)5-15-7(2)9-3-8(13)4-10(14)11(9)16/h3-4,7,15-16H,1,5H2,2H3. The normalized spacial score (nSPS) is 12.5. The molecule has 0 spiro atoms. The molecule has 88 valence electrons. The third-order valence-corrected chi connectivity index (χ3v) is 2.76. The molecule has 0 aliphatic rings. The van der Waals surface area contributed by atoms with Crippen molar-refractivity contribution < 1.29 is 5.11 Å². The van der Waals surface area contributed by atoms with E-state index < -0.39 is 0 Å². The van der Waals surface area contributed by atoms with Crippen molar-refractivity contribution in [2.24, 2.45) is 0 Å². The van der Waals surface area contributed by atoms with Gasteiger partial charge in [0.2, 0.25) is 0 Å². The number of benzene rings is 1. The number of phenols is 1. The van der Waals surface area contributed by atoms with Gasteiger partial charge in [0, 0.05) is 28.2 Å². The minimum Gasteiger partial charge on any atom is -0.506 e. The van der Waals surface area contributed by atoms with Gasteiger partial charge in [0.15, 0.2) is 0 Å². The van der Waals surface area contributed by atoms with E-state index in [9.17, 15) is 5.11 Å². The van der Waals surface area contributed by atoms with Gasteiger partial charge >= 0.3 is 0 Å². The Labute approximate surface area is 110 Å². The number of phenolic OH excluding ortho intramolecular Hbond substituents is 1. The van der Waals surface area contributed by atoms with E-state index in [-0.39, 0.29) is 16.8 Å². The van der Waals surface area contributed by atoms with E-state index in [4.69, 9.17) is 34.8 Å². The Bertz CT molecular complexity index is 406. The highest BCUT2D eigenvalue weighted by Crippen LogP contribution is 2.34. The summed E-state index contributed by atoms with van der Waals surface area (Å²) < 4.78 is 0. The summed E-state index contributed by atoms with van der Waals surface area (Å²) in [6, 6.07) is 3.04. The Kier molecular flexibility index (Phi) is 4.93. The van der Waals surface area contributed by atoms with Crippen molar-refractivity contribution in [2.75, 3.05) is 6.54 Å². The number of hydrogen-bond acceptors (Lipinski definition) is 2. The molecule has 2 N–H and O–H groups in total. The molecule has 5 heteroatoms. The number of aromatic hydroxyl groups is 1. The van der Waals surface area contributed by atoms with Gasteiger partial charge in [-0.25, -0.2) is 0 Å². The van der Waals surface area contributed by atoms with Crippen LogP contribution in [0.25, 0.3) is 0 Å². The second kappa shape index (κ2) is 5.78. The summed E-state index contributed by atoms with van der Waals surface area (Å²) in [5.41, 5.74) is 0.635. The van der Waals surface area contributed by atoms with Gasteiger partial charge < -0.3 is 10.4 Å². The van der Waals surface area contributed by atoms with Gasteiger partial charge in [0.1, 0.15) is 5.75 Å². The summed E-state index contributed by atoms with van der Waals surface area (Å²) >= 11 is 17.3. The minimum absolute atomic E-state index is 0.0336. The number of halogens is 3. The summed E-state index contributed by atoms with van der Waals surface area (Å²) in [6.45, 7) is 5.89. The maximum Gasteiger partial charge on any atom is 0.139 e. The van der Waals surface area contributed by atoms with Crippen LogP contribution in [0.2, 0.25) is 10.0 Å². The van der Waals surface area contributed by atoms with Crippen LogP contribution in [-0.2, 0) is 0 Å². The molecule has 2 nitrogen and oxygen atoms in total. The second-order valence-electron chi connectivity index (χ2n) is 3.45. The Morgan fingerprint density at radius 2 is 2.12 bits per heavy atom. The van der Waals surface area contributed by atoms with Gasteiger partial charge in [-0.2, -0.15) is 0 Å². The van der Waals surface area contributed by atoms with Crippen molar-refractivity contribution in [1.29, 1.82) is 0 Å². The lowest BCUT2D eigenvalue weighted by atomic mass is 10.1. The molecule has 0 aliphatic carbocycles. The second-order valence-corrected chi connectivity index (χ2v) is 4.82. The highest BCUT2D eigenvalue weighted by Gasteiger charge is 2.13. The van der Waals surface area contributed by atoms with Gasteiger partial charge in [0.05, 0.1) is 5.02 Å². The maximum absolute atomic E-state index is 9.77. The number of nitrogens with one attached hydrogen (secondary N) is 1. The summed E-state index contributed by atoms with van der Waals surface area (Å²) in [4.78, 5) is 0. The van der Waals surface area contributed by atoms with Crippen LogP contribution in [0.15, 0.2) is 23.7 Å². The zero-order valence-corrected chi connectivity index (χ0v) is 11.0. The molecule has 0 aliphatic heterocycles. The molecule has 16 heavy (non-hydrogen) atoms. The largest absolute Gasteiger partial charge is 0.506 e. The zero-order chi connectivity index (χ0) is 12.3. The fourth-order valence-electron chi connectivity index (χ4n) is 1.29. The Morgan fingerprint density at radius 3 is 2.69 bits per heavy atom. The highest BCUT2D eigenvalue weighted by molar-refractivity contribution is 6.35. The van der Waals surface area contributed by atoms with Crippen LogP contribution < -0.4 is 5.32 Å². The molecule has 0 saturated heterocycles. The smallest absolute Gasteiger partial charge is 0.139 e. The van der Waals surface area contributed by atoms with Gasteiger partial charge in [-0.3, -0.25) is 0 Å². The Hall–Kier alpha value is -0.410. The van der Waals surface area contributed by atoms with Crippen molar-refractivity contribution in [3.63, 3.8) is 0 Å². The van der Waals surface area contributed by atoms with Gasteiger partial charge in [0.25, 0.3) is 0 Å². The zero-order valence-electron chi connectivity index (χ0n) is 8.73. The first-order valence-electron chi connectivity index (χ1n) is 4.66. The summed E-state index contributed by atoms with van der Waals surface area (Å²) in [7, 11) is 0. The van der Waals surface area contributed by atoms with Gasteiger partial charge in [-0.1, -0.05) is 41.4 Å². The fourth-order valence-corrected chi connectivity index (χ4v) is 1.88. The molecule has 0 bridgehead atoms. The molecule has 0 aromatic heterocycles.